The molecule has 0 amide bonds. The van der Waals surface area contributed by atoms with E-state index in [0.29, 0.717) is 0 Å². The first-order valence-electron chi connectivity index (χ1n) is 3.71. The molecule has 0 aromatic carbocycles. The van der Waals surface area contributed by atoms with Gasteiger partial charge in [0.15, 0.2) is 8.99 Å². The largest absolute Gasteiger partial charge is 0.301 e. The van der Waals surface area contributed by atoms with Crippen molar-refractivity contribution in [2.45, 2.75) is 19.6 Å². The van der Waals surface area contributed by atoms with Gasteiger partial charge in [-0.3, -0.25) is 0 Å². The molecule has 0 fully saturated rings. The van der Waals surface area contributed by atoms with Gasteiger partial charge in [-0.05, 0) is 18.8 Å². The van der Waals surface area contributed by atoms with Crippen molar-refractivity contribution in [1.82, 2.24) is 3.64 Å². The van der Waals surface area contributed by atoms with E-state index >= 15 is 0 Å². The first-order valence-corrected chi connectivity index (χ1v) is 12.7. The van der Waals surface area contributed by atoms with Crippen molar-refractivity contribution in [1.29, 1.82) is 0 Å². The molecule has 70 valence electrons. The zero-order chi connectivity index (χ0) is 9.28. The quantitative estimate of drug-likeness (QED) is 0.529. The van der Waals surface area contributed by atoms with E-state index in [1.807, 2.05) is 0 Å². The Morgan fingerprint density at radius 2 is 1.55 bits per heavy atom. The van der Waals surface area contributed by atoms with Crippen molar-refractivity contribution in [2.24, 2.45) is 0 Å². The molecular formula is C6H20ClNSSi2. The van der Waals surface area contributed by atoms with E-state index in [1.54, 1.807) is 0 Å². The van der Waals surface area contributed by atoms with Gasteiger partial charge in [0.2, 0.25) is 0 Å². The highest BCUT2D eigenvalue weighted by Gasteiger charge is 2.29. The number of nitrogens with zero attached hydrogens (tertiary/aromatic N) is 1. The minimum absolute atomic E-state index is 0.476. The van der Waals surface area contributed by atoms with Crippen LogP contribution in [-0.2, 0) is 0 Å². The second kappa shape index (κ2) is 3.83. The van der Waals surface area contributed by atoms with E-state index in [-0.39, 0.29) is 0 Å². The van der Waals surface area contributed by atoms with Crippen LogP contribution < -0.4 is 0 Å². The van der Waals surface area contributed by atoms with Crippen LogP contribution in [0.4, 0.5) is 0 Å². The van der Waals surface area contributed by atoms with E-state index in [4.69, 9.17) is 11.1 Å². The molecule has 0 saturated heterocycles. The van der Waals surface area contributed by atoms with E-state index in [1.165, 1.54) is 0 Å². The fraction of sp³-hybridized carbons (Fsp3) is 1.00. The van der Waals surface area contributed by atoms with Gasteiger partial charge >= 0.3 is 0 Å². The van der Waals surface area contributed by atoms with Gasteiger partial charge in [-0.25, -0.2) is 10.2 Å². The fourth-order valence-corrected chi connectivity index (χ4v) is 16.2. The Hall–Kier alpha value is 1.03. The molecule has 0 atom stereocenters. The Morgan fingerprint density at radius 3 is 1.55 bits per heavy atom. The normalized spacial score (nSPS) is 16.7. The van der Waals surface area contributed by atoms with E-state index < -0.39 is 27.4 Å². The predicted molar refractivity (Wildman–Crippen MR) is 64.9 cm³/mol. The molecule has 0 heterocycles. The SMILES string of the molecule is C[Si](C)(C)N([SiH2]Cl)S(C)(C)C. The van der Waals surface area contributed by atoms with Crippen molar-refractivity contribution in [3.63, 3.8) is 0 Å². The summed E-state index contributed by atoms with van der Waals surface area (Å²) < 4.78 is 2.63. The standard InChI is InChI=1S/C6H20ClNSSi2/c1-9(2,3)8(10-7)11(4,5)6/h10H2,1-6H3. The zero-order valence-electron chi connectivity index (χ0n) is 8.44. The lowest BCUT2D eigenvalue weighted by molar-refractivity contribution is 1.06. The topological polar surface area (TPSA) is 3.24 Å². The lowest BCUT2D eigenvalue weighted by atomic mass is 11.8. The van der Waals surface area contributed by atoms with Crippen LogP contribution in [0, 0.1) is 0 Å². The number of hydrogen-bond donors (Lipinski definition) is 0. The fourth-order valence-electron chi connectivity index (χ4n) is 1.15. The average molecular weight is 230 g/mol. The zero-order valence-corrected chi connectivity index (χ0v) is 12.4. The van der Waals surface area contributed by atoms with Gasteiger partial charge in [-0.2, -0.15) is 11.1 Å². The molecule has 0 aliphatic carbocycles. The third kappa shape index (κ3) is 3.98. The third-order valence-electron chi connectivity index (χ3n) is 1.52. The minimum atomic E-state index is -1.12. The second-order valence-corrected chi connectivity index (χ2v) is 16.3. The van der Waals surface area contributed by atoms with Crippen LogP contribution in [-0.4, -0.2) is 39.6 Å². The van der Waals surface area contributed by atoms with Crippen LogP contribution in [0.5, 0.6) is 0 Å². The van der Waals surface area contributed by atoms with Crippen LogP contribution in [0.15, 0.2) is 0 Å². The van der Waals surface area contributed by atoms with Crippen LogP contribution >= 0.6 is 21.3 Å². The molecule has 0 aliphatic heterocycles. The average Bonchev–Trinajstić information content (AvgIpc) is 1.56. The summed E-state index contributed by atoms with van der Waals surface area (Å²) >= 11 is 6.06. The van der Waals surface area contributed by atoms with Gasteiger partial charge in [-0.15, -0.1) is 0 Å². The predicted octanol–water partition coefficient (Wildman–Crippen LogP) is 1.97. The second-order valence-electron chi connectivity index (χ2n) is 4.44. The monoisotopic (exact) mass is 229 g/mol. The molecule has 0 bridgehead atoms. The molecule has 0 spiro atoms. The molecule has 0 rings (SSSR count). The van der Waals surface area contributed by atoms with Crippen molar-refractivity contribution in [2.75, 3.05) is 18.8 Å². The van der Waals surface area contributed by atoms with Crippen molar-refractivity contribution >= 4 is 38.5 Å². The summed E-state index contributed by atoms with van der Waals surface area (Å²) in [5.74, 6) is 0. The summed E-state index contributed by atoms with van der Waals surface area (Å²) in [5.41, 5.74) is 0. The summed E-state index contributed by atoms with van der Waals surface area (Å²) in [4.78, 5) is 0. The van der Waals surface area contributed by atoms with E-state index in [9.17, 15) is 0 Å². The summed E-state index contributed by atoms with van der Waals surface area (Å²) in [6.07, 6.45) is 7.00. The lowest BCUT2D eigenvalue weighted by Gasteiger charge is -2.46. The maximum atomic E-state index is 6.06. The van der Waals surface area contributed by atoms with E-state index in [2.05, 4.69) is 42.0 Å². The number of hydrogen-bond acceptors (Lipinski definition) is 1. The summed E-state index contributed by atoms with van der Waals surface area (Å²) in [7, 11) is -2.15. The van der Waals surface area contributed by atoms with Gasteiger partial charge in [0, 0.05) is 0 Å². The highest BCUT2D eigenvalue weighted by Crippen LogP contribution is 2.42. The first kappa shape index (κ1) is 12.0. The Balaban J connectivity index is 4.43. The smallest absolute Gasteiger partial charge is 0.199 e. The highest BCUT2D eigenvalue weighted by molar-refractivity contribution is 8.31. The van der Waals surface area contributed by atoms with Crippen molar-refractivity contribution in [3.8, 4) is 0 Å². The van der Waals surface area contributed by atoms with Crippen molar-refractivity contribution in [3.05, 3.63) is 0 Å². The van der Waals surface area contributed by atoms with Gasteiger partial charge in [0.05, 0.1) is 0 Å². The molecule has 0 aliphatic rings. The highest BCUT2D eigenvalue weighted by atomic mass is 35.6. The molecule has 11 heavy (non-hydrogen) atoms. The molecule has 0 radical (unpaired) electrons. The Morgan fingerprint density at radius 1 is 1.18 bits per heavy atom. The molecule has 0 aromatic heterocycles. The van der Waals surface area contributed by atoms with Gasteiger partial charge in [0.25, 0.3) is 0 Å². The molecule has 5 heteroatoms. The van der Waals surface area contributed by atoms with Gasteiger partial charge in [-0.1, -0.05) is 19.6 Å². The first-order chi connectivity index (χ1) is 4.69. The molecule has 1 nitrogen and oxygen atoms in total. The summed E-state index contributed by atoms with van der Waals surface area (Å²) in [6, 6.07) is 0. The van der Waals surface area contributed by atoms with Crippen LogP contribution in [0.25, 0.3) is 0 Å². The van der Waals surface area contributed by atoms with Crippen LogP contribution in [0.2, 0.25) is 19.6 Å². The summed E-state index contributed by atoms with van der Waals surface area (Å²) in [5, 5.41) is 0. The third-order valence-corrected chi connectivity index (χ3v) is 15.6. The summed E-state index contributed by atoms with van der Waals surface area (Å²) in [6.45, 7) is 7.13. The lowest BCUT2D eigenvalue weighted by Crippen LogP contribution is -2.47. The molecule has 0 aromatic rings. The molecule has 0 saturated carbocycles. The molecule has 0 N–H and O–H groups in total. The van der Waals surface area contributed by atoms with Gasteiger partial charge in [0.1, 0.15) is 8.24 Å². The Kier molecular flexibility index (Phi) is 4.19. The van der Waals surface area contributed by atoms with E-state index in [0.717, 1.165) is 0 Å². The minimum Gasteiger partial charge on any atom is -0.301 e. The Labute approximate surface area is 80.6 Å². The van der Waals surface area contributed by atoms with Crippen LogP contribution in [0.3, 0.4) is 0 Å². The van der Waals surface area contributed by atoms with Gasteiger partial charge < -0.3 is 3.64 Å². The Bertz CT molecular complexity index is 116. The number of halogens is 1. The maximum absolute atomic E-state index is 6.06. The molecule has 0 unspecified atom stereocenters. The maximum Gasteiger partial charge on any atom is 0.199 e. The van der Waals surface area contributed by atoms with Crippen LogP contribution in [0.1, 0.15) is 0 Å². The number of rotatable bonds is 3. The van der Waals surface area contributed by atoms with Crippen molar-refractivity contribution < 1.29 is 0 Å². The molecular weight excluding hydrogens is 210 g/mol.